The van der Waals surface area contributed by atoms with E-state index in [1.165, 1.54) is 0 Å². The number of nitrogens with one attached hydrogen (secondary N) is 2. The van der Waals surface area contributed by atoms with Crippen LogP contribution in [0.2, 0.25) is 0 Å². The van der Waals surface area contributed by atoms with Gasteiger partial charge >= 0.3 is 0 Å². The molecule has 1 amide bonds. The van der Waals surface area contributed by atoms with Crippen LogP contribution in [0.4, 0.5) is 20.3 Å². The summed E-state index contributed by atoms with van der Waals surface area (Å²) in [4.78, 5) is 18.3. The molecule has 1 fully saturated rings. The quantitative estimate of drug-likeness (QED) is 0.470. The van der Waals surface area contributed by atoms with Gasteiger partial charge in [-0.2, -0.15) is 5.10 Å². The Kier molecular flexibility index (Phi) is 4.83. The van der Waals surface area contributed by atoms with Gasteiger partial charge in [-0.05, 0) is 43.0 Å². The van der Waals surface area contributed by atoms with Crippen LogP contribution in [0.25, 0.3) is 27.7 Å². The average Bonchev–Trinajstić information content (AvgIpc) is 3.15. The maximum Gasteiger partial charge on any atom is 0.231 e. The van der Waals surface area contributed by atoms with Crippen molar-refractivity contribution in [3.63, 3.8) is 0 Å². The molecule has 166 valence electrons. The lowest BCUT2D eigenvalue weighted by molar-refractivity contribution is -0.117. The first-order valence-electron chi connectivity index (χ1n) is 10.8. The smallest absolute Gasteiger partial charge is 0.231 e. The topological polar surface area (TPSA) is 78.3 Å². The van der Waals surface area contributed by atoms with Crippen LogP contribution in [0.5, 0.6) is 0 Å². The van der Waals surface area contributed by atoms with Gasteiger partial charge < -0.3 is 14.6 Å². The Balaban J connectivity index is 1.61. The van der Waals surface area contributed by atoms with Crippen LogP contribution in [0.3, 0.4) is 0 Å². The van der Waals surface area contributed by atoms with Crippen molar-refractivity contribution in [2.24, 2.45) is 5.92 Å². The summed E-state index contributed by atoms with van der Waals surface area (Å²) in [5, 5.41) is 10.7. The molecule has 0 unspecified atom stereocenters. The Labute approximate surface area is 183 Å². The highest BCUT2D eigenvalue weighted by molar-refractivity contribution is 6.03. The van der Waals surface area contributed by atoms with E-state index < -0.39 is 12.1 Å². The van der Waals surface area contributed by atoms with Crippen LogP contribution in [-0.2, 0) is 11.2 Å². The summed E-state index contributed by atoms with van der Waals surface area (Å²) in [5.41, 5.74) is 4.00. The first kappa shape index (κ1) is 20.4. The molecule has 5 rings (SSSR count). The molecule has 3 aromatic heterocycles. The fourth-order valence-electron chi connectivity index (χ4n) is 4.21. The first-order valence-corrected chi connectivity index (χ1v) is 10.8. The van der Waals surface area contributed by atoms with Crippen LogP contribution in [0, 0.1) is 11.7 Å². The van der Waals surface area contributed by atoms with Crippen molar-refractivity contribution in [1.82, 2.24) is 19.6 Å². The molecule has 4 aromatic rings. The van der Waals surface area contributed by atoms with E-state index in [2.05, 4.69) is 20.5 Å². The third-order valence-electron chi connectivity index (χ3n) is 6.17. The minimum Gasteiger partial charge on any atom is -0.371 e. The van der Waals surface area contributed by atoms with Gasteiger partial charge in [0.2, 0.25) is 5.91 Å². The fraction of sp³-hybridized carbons (Fsp3) is 0.348. The molecule has 2 atom stereocenters. The highest BCUT2D eigenvalue weighted by Crippen LogP contribution is 2.40. The molecule has 1 aliphatic rings. The van der Waals surface area contributed by atoms with E-state index in [-0.39, 0.29) is 18.1 Å². The lowest BCUT2D eigenvalue weighted by Crippen LogP contribution is -2.19. The van der Waals surface area contributed by atoms with E-state index in [1.54, 1.807) is 16.8 Å². The molecule has 1 saturated carbocycles. The molecule has 3 heterocycles. The molecular formula is C23H24F2N6O. The predicted molar refractivity (Wildman–Crippen MR) is 120 cm³/mol. The molecule has 32 heavy (non-hydrogen) atoms. The van der Waals surface area contributed by atoms with E-state index in [1.807, 2.05) is 44.1 Å². The van der Waals surface area contributed by atoms with E-state index in [9.17, 15) is 9.18 Å². The van der Waals surface area contributed by atoms with E-state index in [4.69, 9.17) is 0 Å². The van der Waals surface area contributed by atoms with Gasteiger partial charge in [-0.15, -0.1) is 0 Å². The van der Waals surface area contributed by atoms with Crippen LogP contribution in [-0.4, -0.2) is 45.3 Å². The van der Waals surface area contributed by atoms with Crippen molar-refractivity contribution >= 4 is 34.0 Å². The van der Waals surface area contributed by atoms with Gasteiger partial charge in [-0.25, -0.2) is 13.8 Å². The predicted octanol–water partition coefficient (Wildman–Crippen LogP) is 4.33. The molecule has 0 spiro atoms. The van der Waals surface area contributed by atoms with Crippen molar-refractivity contribution < 1.29 is 13.6 Å². The molecule has 7 nitrogen and oxygen atoms in total. The molecule has 0 bridgehead atoms. The van der Waals surface area contributed by atoms with Gasteiger partial charge in [-0.3, -0.25) is 9.89 Å². The third kappa shape index (κ3) is 3.19. The number of anilines is 2. The maximum atomic E-state index is 15.7. The maximum absolute atomic E-state index is 15.7. The van der Waals surface area contributed by atoms with Crippen molar-refractivity contribution in [3.05, 3.63) is 42.1 Å². The van der Waals surface area contributed by atoms with Crippen LogP contribution in [0.15, 0.2) is 30.7 Å². The number of carbonyl (C=O) groups excluding carboxylic acids is 1. The summed E-state index contributed by atoms with van der Waals surface area (Å²) in [7, 11) is 1.86. The number of carbonyl (C=O) groups is 1. The number of halogens is 2. The van der Waals surface area contributed by atoms with E-state index in [0.717, 1.165) is 16.5 Å². The van der Waals surface area contributed by atoms with Crippen LogP contribution >= 0.6 is 0 Å². The molecule has 2 N–H and O–H groups in total. The summed E-state index contributed by atoms with van der Waals surface area (Å²) in [6.45, 7) is 4.57. The van der Waals surface area contributed by atoms with Gasteiger partial charge in [0.1, 0.15) is 11.8 Å². The summed E-state index contributed by atoms with van der Waals surface area (Å²) < 4.78 is 30.6. The second-order valence-electron chi connectivity index (χ2n) is 8.20. The number of aromatic nitrogens is 4. The molecule has 0 aliphatic heterocycles. The zero-order chi connectivity index (χ0) is 22.6. The second kappa shape index (κ2) is 7.58. The standard InChI is InChI=1S/C23H24F2N6O/c1-4-13-19(15-9-26-29-21(15)22(20(13)25)30(3)5-2)12-6-7-18-27-17(11-31(18)10-12)28-23(32)14-8-16(14)24/h6-7,9-11,14,16H,4-5,8H2,1-3H3,(H,26,29)(H,28,32)/t14-,16+/m1/s1. The number of hydrogen-bond donors (Lipinski definition) is 2. The second-order valence-corrected chi connectivity index (χ2v) is 8.20. The SMILES string of the molecule is CCc1c(F)c(N(C)CC)c2[nH]ncc2c1-c1ccc2nc(NC(=O)[C@@H]3C[C@@H]3F)cn2c1. The number of hydrogen-bond acceptors (Lipinski definition) is 4. The number of rotatable bonds is 6. The number of amides is 1. The van der Waals surface area contributed by atoms with Crippen molar-refractivity contribution in [1.29, 1.82) is 0 Å². The Hall–Kier alpha value is -3.49. The average molecular weight is 438 g/mol. The molecule has 0 radical (unpaired) electrons. The zero-order valence-corrected chi connectivity index (χ0v) is 18.1. The number of fused-ring (bicyclic) bond motifs is 2. The number of H-pyrrole nitrogens is 1. The Bertz CT molecular complexity index is 1340. The Morgan fingerprint density at radius 1 is 1.34 bits per heavy atom. The van der Waals surface area contributed by atoms with Gasteiger partial charge in [0.05, 0.1) is 29.5 Å². The normalized spacial score (nSPS) is 17.8. The van der Waals surface area contributed by atoms with Gasteiger partial charge in [0.15, 0.2) is 11.6 Å². The van der Waals surface area contributed by atoms with E-state index >= 15 is 4.39 Å². The molecule has 0 saturated heterocycles. The van der Waals surface area contributed by atoms with Gasteiger partial charge in [0, 0.05) is 30.7 Å². The first-order chi connectivity index (χ1) is 15.4. The lowest BCUT2D eigenvalue weighted by atomic mass is 9.93. The highest BCUT2D eigenvalue weighted by atomic mass is 19.1. The molecule has 1 aromatic carbocycles. The summed E-state index contributed by atoms with van der Waals surface area (Å²) >= 11 is 0. The number of aromatic amines is 1. The highest BCUT2D eigenvalue weighted by Gasteiger charge is 2.43. The summed E-state index contributed by atoms with van der Waals surface area (Å²) in [6, 6.07) is 3.70. The third-order valence-corrected chi connectivity index (χ3v) is 6.17. The van der Waals surface area contributed by atoms with Gasteiger partial charge in [-0.1, -0.05) is 6.92 Å². The minimum absolute atomic E-state index is 0.257. The van der Waals surface area contributed by atoms with Crippen LogP contribution < -0.4 is 10.2 Å². The summed E-state index contributed by atoms with van der Waals surface area (Å²) in [6.07, 6.45) is 4.98. The Morgan fingerprint density at radius 3 is 2.81 bits per heavy atom. The van der Waals surface area contributed by atoms with Crippen molar-refractivity contribution in [2.45, 2.75) is 32.9 Å². The Morgan fingerprint density at radius 2 is 2.12 bits per heavy atom. The zero-order valence-electron chi connectivity index (χ0n) is 18.1. The monoisotopic (exact) mass is 438 g/mol. The van der Waals surface area contributed by atoms with E-state index in [0.29, 0.717) is 41.2 Å². The fourth-order valence-corrected chi connectivity index (χ4v) is 4.21. The number of alkyl halides is 1. The number of benzene rings is 1. The molecular weight excluding hydrogens is 414 g/mol. The van der Waals surface area contributed by atoms with Crippen molar-refractivity contribution in [3.8, 4) is 11.1 Å². The van der Waals surface area contributed by atoms with Crippen molar-refractivity contribution in [2.75, 3.05) is 23.8 Å². The lowest BCUT2D eigenvalue weighted by Gasteiger charge is -2.22. The number of imidazole rings is 1. The largest absolute Gasteiger partial charge is 0.371 e. The summed E-state index contributed by atoms with van der Waals surface area (Å²) in [5.74, 6) is -0.833. The van der Waals surface area contributed by atoms with Gasteiger partial charge in [0.25, 0.3) is 0 Å². The molecule has 9 heteroatoms. The molecule has 1 aliphatic carbocycles. The van der Waals surface area contributed by atoms with Crippen LogP contribution in [0.1, 0.15) is 25.8 Å². The minimum atomic E-state index is -1.06. The number of pyridine rings is 1. The number of nitrogens with zero attached hydrogens (tertiary/aromatic N) is 4.